The molecule has 0 heterocycles. The van der Waals surface area contributed by atoms with E-state index in [0.29, 0.717) is 0 Å². The average molecular weight is 272 g/mol. The van der Waals surface area contributed by atoms with Gasteiger partial charge in [-0.2, -0.15) is 17.2 Å². The van der Waals surface area contributed by atoms with Gasteiger partial charge in [0.25, 0.3) is 0 Å². The third-order valence-electron chi connectivity index (χ3n) is 1.71. The summed E-state index contributed by atoms with van der Waals surface area (Å²) in [6.45, 7) is 4.23. The van der Waals surface area contributed by atoms with Gasteiger partial charge in [0.2, 0.25) is 0 Å². The van der Waals surface area contributed by atoms with Gasteiger partial charge >= 0.3 is 23.1 Å². The molecule has 68 valence electrons. The molecule has 0 bridgehead atoms. The molecule has 0 radical (unpaired) electrons. The summed E-state index contributed by atoms with van der Waals surface area (Å²) in [6.07, 6.45) is 2.01. The first-order valence-electron chi connectivity index (χ1n) is 3.97. The van der Waals surface area contributed by atoms with Gasteiger partial charge in [-0.1, -0.05) is 31.7 Å². The van der Waals surface area contributed by atoms with E-state index in [2.05, 4.69) is 19.9 Å². The van der Waals surface area contributed by atoms with Crippen LogP contribution in [0, 0.1) is 6.07 Å². The van der Waals surface area contributed by atoms with Crippen LogP contribution in [-0.4, -0.2) is 23.1 Å². The molecule has 0 aliphatic carbocycles. The molecule has 1 aromatic carbocycles. The van der Waals surface area contributed by atoms with Crippen molar-refractivity contribution < 1.29 is 17.0 Å². The van der Waals surface area contributed by atoms with E-state index in [4.69, 9.17) is 11.6 Å². The van der Waals surface area contributed by atoms with E-state index in [-0.39, 0.29) is 40.0 Å². The van der Waals surface area contributed by atoms with Crippen molar-refractivity contribution in [2.24, 2.45) is 0 Å². The van der Waals surface area contributed by atoms with Crippen LogP contribution in [0.3, 0.4) is 0 Å². The van der Waals surface area contributed by atoms with Crippen molar-refractivity contribution in [2.45, 2.75) is 26.7 Å². The monoisotopic (exact) mass is 270 g/mol. The SMILES string of the molecule is CCc1[c-]c(CC)cc(Cl)c1.[Br-].[Mg+2]. The van der Waals surface area contributed by atoms with E-state index >= 15 is 0 Å². The summed E-state index contributed by atoms with van der Waals surface area (Å²) in [4.78, 5) is 0. The molecule has 3 heteroatoms. The molecule has 0 fully saturated rings. The van der Waals surface area contributed by atoms with Gasteiger partial charge in [0.1, 0.15) is 0 Å². The van der Waals surface area contributed by atoms with E-state index in [0.717, 1.165) is 17.9 Å². The zero-order valence-corrected chi connectivity index (χ0v) is 11.8. The van der Waals surface area contributed by atoms with Gasteiger partial charge in [-0.05, 0) is 0 Å². The first-order chi connectivity index (χ1) is 5.26. The van der Waals surface area contributed by atoms with Crippen molar-refractivity contribution in [3.8, 4) is 0 Å². The molecule has 1 rings (SSSR count). The summed E-state index contributed by atoms with van der Waals surface area (Å²) in [7, 11) is 0. The van der Waals surface area contributed by atoms with Crippen LogP contribution in [-0.2, 0) is 12.8 Å². The Morgan fingerprint density at radius 1 is 1.15 bits per heavy atom. The minimum atomic E-state index is 0. The van der Waals surface area contributed by atoms with E-state index in [1.54, 1.807) is 0 Å². The van der Waals surface area contributed by atoms with Crippen molar-refractivity contribution in [1.82, 2.24) is 0 Å². The minimum Gasteiger partial charge on any atom is -1.00 e. The predicted octanol–water partition coefficient (Wildman–Crippen LogP) is -0.112. The second-order valence-electron chi connectivity index (χ2n) is 2.56. The van der Waals surface area contributed by atoms with Gasteiger partial charge in [0.15, 0.2) is 0 Å². The molecular formula is C10H12BrClMg. The summed E-state index contributed by atoms with van der Waals surface area (Å²) >= 11 is 5.89. The molecule has 0 nitrogen and oxygen atoms in total. The summed E-state index contributed by atoms with van der Waals surface area (Å²) in [5.41, 5.74) is 2.41. The maximum absolute atomic E-state index is 5.89. The first kappa shape index (κ1) is 16.2. The molecule has 0 amide bonds. The number of hydrogen-bond acceptors (Lipinski definition) is 0. The van der Waals surface area contributed by atoms with Crippen LogP contribution >= 0.6 is 11.6 Å². The Hall–Kier alpha value is 0.756. The fraction of sp³-hybridized carbons (Fsp3) is 0.400. The topological polar surface area (TPSA) is 0 Å². The predicted molar refractivity (Wildman–Crippen MR) is 54.8 cm³/mol. The maximum atomic E-state index is 5.89. The third-order valence-corrected chi connectivity index (χ3v) is 1.93. The van der Waals surface area contributed by atoms with Crippen molar-refractivity contribution in [3.63, 3.8) is 0 Å². The van der Waals surface area contributed by atoms with Crippen LogP contribution in [0.2, 0.25) is 5.02 Å². The second kappa shape index (κ2) is 8.10. The Morgan fingerprint density at radius 3 is 1.85 bits per heavy atom. The third kappa shape index (κ3) is 5.26. The van der Waals surface area contributed by atoms with E-state index in [9.17, 15) is 0 Å². The fourth-order valence-electron chi connectivity index (χ4n) is 1.03. The second-order valence-corrected chi connectivity index (χ2v) is 2.99. The quantitative estimate of drug-likeness (QED) is 0.520. The molecular weight excluding hydrogens is 260 g/mol. The molecule has 0 aliphatic rings. The number of halogens is 2. The van der Waals surface area contributed by atoms with Crippen LogP contribution in [0.5, 0.6) is 0 Å². The van der Waals surface area contributed by atoms with Gasteiger partial charge in [0, 0.05) is 0 Å². The Labute approximate surface area is 112 Å². The van der Waals surface area contributed by atoms with Crippen LogP contribution in [0.15, 0.2) is 12.1 Å². The van der Waals surface area contributed by atoms with Gasteiger partial charge in [0.05, 0.1) is 0 Å². The van der Waals surface area contributed by atoms with Crippen molar-refractivity contribution in [3.05, 3.63) is 34.3 Å². The number of rotatable bonds is 2. The Kier molecular flexibility index (Phi) is 10.1. The molecule has 13 heavy (non-hydrogen) atoms. The van der Waals surface area contributed by atoms with Crippen molar-refractivity contribution >= 4 is 34.7 Å². The molecule has 0 spiro atoms. The van der Waals surface area contributed by atoms with Crippen LogP contribution in [0.1, 0.15) is 25.0 Å². The number of hydrogen-bond donors (Lipinski definition) is 0. The van der Waals surface area contributed by atoms with Crippen molar-refractivity contribution in [1.29, 1.82) is 0 Å². The Bertz CT molecular complexity index is 228. The summed E-state index contributed by atoms with van der Waals surface area (Å²) in [5, 5.41) is 0.831. The molecule has 0 unspecified atom stereocenters. The molecule has 0 N–H and O–H groups in total. The standard InChI is InChI=1S/C10H12Cl.BrH.Mg/c1-3-8-5-9(4-2)7-10(11)6-8;;/h6-7H,3-4H2,1-2H3;1H;/q-1;;+2/p-1. The molecule has 1 aromatic rings. The number of benzene rings is 1. The largest absolute Gasteiger partial charge is 2.00 e. The zero-order valence-electron chi connectivity index (χ0n) is 8.03. The van der Waals surface area contributed by atoms with E-state index < -0.39 is 0 Å². The minimum absolute atomic E-state index is 0. The van der Waals surface area contributed by atoms with Gasteiger partial charge in [-0.25, -0.2) is 0 Å². The average Bonchev–Trinajstić information content (AvgIpc) is 2.03. The fourth-order valence-corrected chi connectivity index (χ4v) is 1.30. The van der Waals surface area contributed by atoms with Gasteiger partial charge in [-0.3, -0.25) is 0 Å². The summed E-state index contributed by atoms with van der Waals surface area (Å²) in [5.74, 6) is 0. The Balaban J connectivity index is 0. The molecule has 0 saturated heterocycles. The molecule has 0 aromatic heterocycles. The van der Waals surface area contributed by atoms with Crippen LogP contribution < -0.4 is 17.0 Å². The maximum Gasteiger partial charge on any atom is 2.00 e. The molecule has 0 atom stereocenters. The van der Waals surface area contributed by atoms with E-state index in [1.165, 1.54) is 11.1 Å². The Morgan fingerprint density at radius 2 is 1.54 bits per heavy atom. The molecule has 0 saturated carbocycles. The normalized spacial score (nSPS) is 8.54. The first-order valence-corrected chi connectivity index (χ1v) is 4.34. The zero-order chi connectivity index (χ0) is 8.27. The number of aryl methyl sites for hydroxylation is 2. The van der Waals surface area contributed by atoms with Crippen LogP contribution in [0.4, 0.5) is 0 Å². The summed E-state index contributed by atoms with van der Waals surface area (Å²) < 4.78 is 0. The van der Waals surface area contributed by atoms with Gasteiger partial charge < -0.3 is 17.0 Å². The van der Waals surface area contributed by atoms with Crippen LogP contribution in [0.25, 0.3) is 0 Å². The van der Waals surface area contributed by atoms with Crippen molar-refractivity contribution in [2.75, 3.05) is 0 Å². The molecule has 0 aliphatic heterocycles. The van der Waals surface area contributed by atoms with Gasteiger partial charge in [-0.15, -0.1) is 23.7 Å². The van der Waals surface area contributed by atoms with E-state index in [1.807, 2.05) is 12.1 Å². The smallest absolute Gasteiger partial charge is 1.00 e. The summed E-state index contributed by atoms with van der Waals surface area (Å²) in [6, 6.07) is 7.25.